The second-order valence-electron chi connectivity index (χ2n) is 6.29. The molecule has 1 aliphatic carbocycles. The number of amides is 1. The quantitative estimate of drug-likeness (QED) is 0.870. The van der Waals surface area contributed by atoms with E-state index >= 15 is 0 Å². The van der Waals surface area contributed by atoms with Gasteiger partial charge in [0.25, 0.3) is 0 Å². The summed E-state index contributed by atoms with van der Waals surface area (Å²) in [4.78, 5) is 16.0. The number of hydrogen-bond donors (Lipinski definition) is 1. The second-order valence-corrected chi connectivity index (χ2v) is 7.39. The van der Waals surface area contributed by atoms with Gasteiger partial charge in [-0.3, -0.25) is 9.69 Å². The van der Waals surface area contributed by atoms with Crippen molar-refractivity contribution in [1.82, 2.24) is 4.90 Å². The molecule has 0 aromatic carbocycles. The number of thiophene rings is 1. The first kappa shape index (κ1) is 15.5. The van der Waals surface area contributed by atoms with Crippen molar-refractivity contribution >= 4 is 22.2 Å². The summed E-state index contributed by atoms with van der Waals surface area (Å²) in [5, 5.41) is 13.3. The van der Waals surface area contributed by atoms with Crippen molar-refractivity contribution in [2.24, 2.45) is 0 Å². The highest BCUT2D eigenvalue weighted by atomic mass is 32.1. The largest absolute Gasteiger partial charge is 0.315 e. The first-order chi connectivity index (χ1) is 10.7. The summed E-state index contributed by atoms with van der Waals surface area (Å²) in [5.74, 6) is 0.0230. The molecule has 1 saturated heterocycles. The molecule has 0 radical (unpaired) electrons. The molecule has 1 fully saturated rings. The molecular weight excluding hydrogens is 294 g/mol. The predicted octanol–water partition coefficient (Wildman–Crippen LogP) is 3.31. The molecule has 2 heterocycles. The Labute approximate surface area is 136 Å². The molecule has 1 amide bonds. The lowest BCUT2D eigenvalue weighted by atomic mass is 10.1. The van der Waals surface area contributed by atoms with Gasteiger partial charge in [-0.25, -0.2) is 0 Å². The zero-order chi connectivity index (χ0) is 15.5. The van der Waals surface area contributed by atoms with Crippen LogP contribution in [-0.2, 0) is 17.6 Å². The molecule has 0 bridgehead atoms. The SMILES string of the molecule is C[C@@H](C(=O)Nc1sc2c(c1C#N)CCCCC2)N1CCCC1. The van der Waals surface area contributed by atoms with Gasteiger partial charge in [-0.05, 0) is 64.1 Å². The standard InChI is InChI=1S/C17H23N3OS/c1-12(20-9-5-6-10-20)16(21)19-17-14(11-18)13-7-3-2-4-8-15(13)22-17/h12H,2-10H2,1H3,(H,19,21)/t12-/m0/s1. The van der Waals surface area contributed by atoms with E-state index in [9.17, 15) is 10.1 Å². The molecule has 1 aromatic rings. The van der Waals surface area contributed by atoms with Gasteiger partial charge in [-0.2, -0.15) is 5.26 Å². The summed E-state index contributed by atoms with van der Waals surface area (Å²) in [7, 11) is 0. The fourth-order valence-corrected chi connectivity index (χ4v) is 4.70. The third kappa shape index (κ3) is 3.04. The van der Waals surface area contributed by atoms with Crippen LogP contribution in [0.2, 0.25) is 0 Å². The zero-order valence-electron chi connectivity index (χ0n) is 13.2. The van der Waals surface area contributed by atoms with E-state index in [0.29, 0.717) is 5.56 Å². The minimum absolute atomic E-state index is 0.0230. The Balaban J connectivity index is 1.77. The van der Waals surface area contributed by atoms with E-state index < -0.39 is 0 Å². The summed E-state index contributed by atoms with van der Waals surface area (Å²) >= 11 is 1.62. The molecule has 22 heavy (non-hydrogen) atoms. The summed E-state index contributed by atoms with van der Waals surface area (Å²) < 4.78 is 0. The van der Waals surface area contributed by atoms with Crippen LogP contribution in [0.15, 0.2) is 0 Å². The smallest absolute Gasteiger partial charge is 0.242 e. The van der Waals surface area contributed by atoms with Crippen molar-refractivity contribution in [3.63, 3.8) is 0 Å². The van der Waals surface area contributed by atoms with Crippen molar-refractivity contribution in [2.75, 3.05) is 18.4 Å². The van der Waals surface area contributed by atoms with Crippen molar-refractivity contribution in [2.45, 2.75) is 57.9 Å². The molecule has 0 saturated carbocycles. The fraction of sp³-hybridized carbons (Fsp3) is 0.647. The van der Waals surface area contributed by atoms with E-state index in [1.807, 2.05) is 6.92 Å². The Bertz CT molecular complexity index is 596. The highest BCUT2D eigenvalue weighted by molar-refractivity contribution is 7.16. The highest BCUT2D eigenvalue weighted by Gasteiger charge is 2.26. The van der Waals surface area contributed by atoms with Crippen LogP contribution < -0.4 is 5.32 Å². The number of fused-ring (bicyclic) bond motifs is 1. The number of nitrogens with zero attached hydrogens (tertiary/aromatic N) is 2. The Kier molecular flexibility index (Phi) is 4.80. The number of likely N-dealkylation sites (tertiary alicyclic amines) is 1. The van der Waals surface area contributed by atoms with Gasteiger partial charge in [0.05, 0.1) is 11.6 Å². The number of aryl methyl sites for hydroxylation is 1. The monoisotopic (exact) mass is 317 g/mol. The molecule has 1 atom stereocenters. The first-order valence-corrected chi connectivity index (χ1v) is 9.12. The number of carbonyl (C=O) groups excluding carboxylic acids is 1. The molecule has 3 rings (SSSR count). The Morgan fingerprint density at radius 1 is 1.23 bits per heavy atom. The third-order valence-electron chi connectivity index (χ3n) is 4.84. The molecule has 0 unspecified atom stereocenters. The minimum atomic E-state index is -0.115. The molecule has 1 aromatic heterocycles. The van der Waals surface area contributed by atoms with Crippen LogP contribution in [0.3, 0.4) is 0 Å². The maximum absolute atomic E-state index is 12.5. The lowest BCUT2D eigenvalue weighted by molar-refractivity contribution is -0.120. The summed E-state index contributed by atoms with van der Waals surface area (Å²) in [6, 6.07) is 2.21. The average molecular weight is 317 g/mol. The van der Waals surface area contributed by atoms with Crippen LogP contribution in [0.1, 0.15) is 55.0 Å². The van der Waals surface area contributed by atoms with Gasteiger partial charge in [0, 0.05) is 4.88 Å². The second kappa shape index (κ2) is 6.80. The minimum Gasteiger partial charge on any atom is -0.315 e. The maximum atomic E-state index is 12.5. The molecule has 4 nitrogen and oxygen atoms in total. The van der Waals surface area contributed by atoms with Gasteiger partial charge in [0.15, 0.2) is 0 Å². The van der Waals surface area contributed by atoms with Crippen molar-refractivity contribution in [3.05, 3.63) is 16.0 Å². The summed E-state index contributed by atoms with van der Waals surface area (Å²) in [5.41, 5.74) is 1.90. The maximum Gasteiger partial charge on any atom is 0.242 e. The molecular formula is C17H23N3OS. The van der Waals surface area contributed by atoms with Crippen LogP contribution in [0.5, 0.6) is 0 Å². The van der Waals surface area contributed by atoms with Crippen LogP contribution in [0.25, 0.3) is 0 Å². The first-order valence-electron chi connectivity index (χ1n) is 8.30. The van der Waals surface area contributed by atoms with Crippen LogP contribution in [0, 0.1) is 11.3 Å². The molecule has 5 heteroatoms. The predicted molar refractivity (Wildman–Crippen MR) is 89.2 cm³/mol. The molecule has 118 valence electrons. The zero-order valence-corrected chi connectivity index (χ0v) is 14.0. The lowest BCUT2D eigenvalue weighted by Gasteiger charge is -2.22. The Morgan fingerprint density at radius 3 is 2.68 bits per heavy atom. The van der Waals surface area contributed by atoms with Gasteiger partial charge < -0.3 is 5.32 Å². The number of rotatable bonds is 3. The number of nitriles is 1. The number of nitrogens with one attached hydrogen (secondary N) is 1. The van der Waals surface area contributed by atoms with Gasteiger partial charge >= 0.3 is 0 Å². The fourth-order valence-electron chi connectivity index (χ4n) is 3.46. The third-order valence-corrected chi connectivity index (χ3v) is 6.04. The molecule has 2 aliphatic rings. The van der Waals surface area contributed by atoms with E-state index in [4.69, 9.17) is 0 Å². The van der Waals surface area contributed by atoms with E-state index in [1.165, 1.54) is 36.1 Å². The topological polar surface area (TPSA) is 56.1 Å². The Morgan fingerprint density at radius 2 is 1.95 bits per heavy atom. The van der Waals surface area contributed by atoms with Gasteiger partial charge in [-0.15, -0.1) is 11.3 Å². The number of anilines is 1. The Hall–Kier alpha value is -1.38. The van der Waals surface area contributed by atoms with E-state index in [0.717, 1.165) is 37.4 Å². The van der Waals surface area contributed by atoms with Gasteiger partial charge in [-0.1, -0.05) is 6.42 Å². The molecule has 1 aliphatic heterocycles. The van der Waals surface area contributed by atoms with Crippen molar-refractivity contribution < 1.29 is 4.79 Å². The highest BCUT2D eigenvalue weighted by Crippen LogP contribution is 2.37. The van der Waals surface area contributed by atoms with Gasteiger partial charge in [0.2, 0.25) is 5.91 Å². The molecule has 1 N–H and O–H groups in total. The average Bonchev–Trinajstić information content (AvgIpc) is 3.09. The van der Waals surface area contributed by atoms with Crippen LogP contribution in [-0.4, -0.2) is 29.9 Å². The summed E-state index contributed by atoms with van der Waals surface area (Å²) in [6.07, 6.45) is 7.95. The van der Waals surface area contributed by atoms with Crippen LogP contribution >= 0.6 is 11.3 Å². The normalized spacial score (nSPS) is 20.0. The number of carbonyl (C=O) groups is 1. The van der Waals surface area contributed by atoms with E-state index in [1.54, 1.807) is 11.3 Å². The van der Waals surface area contributed by atoms with Crippen molar-refractivity contribution in [3.8, 4) is 6.07 Å². The van der Waals surface area contributed by atoms with E-state index in [2.05, 4.69) is 16.3 Å². The van der Waals surface area contributed by atoms with Crippen molar-refractivity contribution in [1.29, 1.82) is 5.26 Å². The van der Waals surface area contributed by atoms with Gasteiger partial charge in [0.1, 0.15) is 11.1 Å². The molecule has 0 spiro atoms. The summed E-state index contributed by atoms with van der Waals surface area (Å²) in [6.45, 7) is 3.96. The lowest BCUT2D eigenvalue weighted by Crippen LogP contribution is -2.40. The number of hydrogen-bond acceptors (Lipinski definition) is 4. The van der Waals surface area contributed by atoms with E-state index in [-0.39, 0.29) is 11.9 Å². The van der Waals surface area contributed by atoms with Crippen LogP contribution in [0.4, 0.5) is 5.00 Å².